The maximum absolute atomic E-state index is 11.4. The lowest BCUT2D eigenvalue weighted by atomic mass is 10.3. The molecule has 1 N–H and O–H groups in total. The molecule has 19 heavy (non-hydrogen) atoms. The number of rotatable bonds is 7. The molecule has 7 heteroatoms. The molecule has 106 valence electrons. The second-order valence-electron chi connectivity index (χ2n) is 4.38. The van der Waals surface area contributed by atoms with Gasteiger partial charge in [0, 0.05) is 20.5 Å². The van der Waals surface area contributed by atoms with Gasteiger partial charge in [0.05, 0.1) is 12.7 Å². The third-order valence-electron chi connectivity index (χ3n) is 2.34. The largest absolute Gasteiger partial charge is 0.476 e. The Labute approximate surface area is 116 Å². The van der Waals surface area contributed by atoms with E-state index < -0.39 is 5.97 Å². The molecule has 0 saturated heterocycles. The molecule has 0 spiro atoms. The number of aromatic carboxylic acids is 1. The van der Waals surface area contributed by atoms with Crippen LogP contribution in [-0.2, 0) is 4.74 Å². The highest BCUT2D eigenvalue weighted by Gasteiger charge is 2.21. The highest BCUT2D eigenvalue weighted by Crippen LogP contribution is 2.26. The van der Waals surface area contributed by atoms with Crippen LogP contribution < -0.4 is 4.90 Å². The van der Waals surface area contributed by atoms with Crippen molar-refractivity contribution < 1.29 is 19.4 Å². The molecule has 0 aliphatic carbocycles. The van der Waals surface area contributed by atoms with Crippen molar-refractivity contribution in [2.45, 2.75) is 26.9 Å². The summed E-state index contributed by atoms with van der Waals surface area (Å²) in [5.41, 5.74) is -0.177. The molecule has 0 amide bonds. The molecule has 0 fully saturated rings. The molecule has 1 aromatic rings. The number of hydrogen-bond donors (Lipinski definition) is 1. The van der Waals surface area contributed by atoms with Crippen molar-refractivity contribution in [2.24, 2.45) is 0 Å². The molecule has 1 rings (SSSR count). The standard InChI is InChI=1S/C12H18N2O4S/c1-7(2)18-6-5-14(4)12-13-9(11(16)17)10(19-12)8(3)15/h7H,5-6H2,1-4H3,(H,16,17). The average molecular weight is 286 g/mol. The fourth-order valence-corrected chi connectivity index (χ4v) is 2.32. The van der Waals surface area contributed by atoms with E-state index in [1.54, 1.807) is 11.9 Å². The Morgan fingerprint density at radius 2 is 2.11 bits per heavy atom. The lowest BCUT2D eigenvalue weighted by Gasteiger charge is -2.16. The van der Waals surface area contributed by atoms with E-state index in [9.17, 15) is 9.59 Å². The molecule has 1 heterocycles. The first-order valence-electron chi connectivity index (χ1n) is 5.90. The van der Waals surface area contributed by atoms with Crippen molar-refractivity contribution in [3.05, 3.63) is 10.6 Å². The number of ether oxygens (including phenoxy) is 1. The number of likely N-dealkylation sites (N-methyl/N-ethyl adjacent to an activating group) is 1. The highest BCUT2D eigenvalue weighted by atomic mass is 32.1. The van der Waals surface area contributed by atoms with E-state index >= 15 is 0 Å². The van der Waals surface area contributed by atoms with Crippen molar-refractivity contribution in [2.75, 3.05) is 25.1 Å². The van der Waals surface area contributed by atoms with E-state index in [-0.39, 0.29) is 22.5 Å². The third kappa shape index (κ3) is 4.29. The van der Waals surface area contributed by atoms with Gasteiger partial charge in [0.25, 0.3) is 0 Å². The summed E-state index contributed by atoms with van der Waals surface area (Å²) in [5.74, 6) is -1.47. The van der Waals surface area contributed by atoms with Gasteiger partial charge in [0.15, 0.2) is 16.6 Å². The normalized spacial score (nSPS) is 10.8. The van der Waals surface area contributed by atoms with E-state index in [0.717, 1.165) is 11.3 Å². The molecule has 0 unspecified atom stereocenters. The van der Waals surface area contributed by atoms with Crippen molar-refractivity contribution >= 4 is 28.2 Å². The second kappa shape index (κ2) is 6.63. The van der Waals surface area contributed by atoms with Gasteiger partial charge in [-0.25, -0.2) is 9.78 Å². The van der Waals surface area contributed by atoms with E-state index in [4.69, 9.17) is 9.84 Å². The molecule has 0 aliphatic heterocycles. The minimum Gasteiger partial charge on any atom is -0.476 e. The summed E-state index contributed by atoms with van der Waals surface area (Å²) in [4.78, 5) is 28.3. The summed E-state index contributed by atoms with van der Waals surface area (Å²) in [6, 6.07) is 0. The maximum Gasteiger partial charge on any atom is 0.356 e. The summed E-state index contributed by atoms with van der Waals surface area (Å²) < 4.78 is 5.42. The van der Waals surface area contributed by atoms with Gasteiger partial charge in [-0.2, -0.15) is 0 Å². The number of carboxylic acids is 1. The number of Topliss-reactive ketones (excluding diaryl/α,β-unsaturated/α-hetero) is 1. The summed E-state index contributed by atoms with van der Waals surface area (Å²) in [5, 5.41) is 9.52. The van der Waals surface area contributed by atoms with Crippen molar-refractivity contribution in [3.63, 3.8) is 0 Å². The van der Waals surface area contributed by atoms with Gasteiger partial charge in [-0.1, -0.05) is 11.3 Å². The summed E-state index contributed by atoms with van der Waals surface area (Å²) in [7, 11) is 1.79. The number of carbonyl (C=O) groups excluding carboxylic acids is 1. The topological polar surface area (TPSA) is 79.7 Å². The minimum atomic E-state index is -1.18. The molecule has 0 radical (unpaired) electrons. The summed E-state index contributed by atoms with van der Waals surface area (Å²) in [6.45, 7) is 6.33. The Kier molecular flexibility index (Phi) is 5.44. The quantitative estimate of drug-likeness (QED) is 0.771. The van der Waals surface area contributed by atoms with Crippen LogP contribution in [0.15, 0.2) is 0 Å². The van der Waals surface area contributed by atoms with Gasteiger partial charge >= 0.3 is 5.97 Å². The zero-order valence-electron chi connectivity index (χ0n) is 11.5. The van der Waals surface area contributed by atoms with Crippen LogP contribution in [0, 0.1) is 0 Å². The van der Waals surface area contributed by atoms with Gasteiger partial charge in [-0.15, -0.1) is 0 Å². The molecular weight excluding hydrogens is 268 g/mol. The zero-order valence-corrected chi connectivity index (χ0v) is 12.3. The Bertz CT molecular complexity index is 439. The molecular formula is C12H18N2O4S. The summed E-state index contributed by atoms with van der Waals surface area (Å²) in [6.07, 6.45) is 0.145. The van der Waals surface area contributed by atoms with Crippen LogP contribution >= 0.6 is 11.3 Å². The molecule has 0 bridgehead atoms. The first-order chi connectivity index (χ1) is 8.82. The van der Waals surface area contributed by atoms with Crippen LogP contribution in [0.1, 0.15) is 40.9 Å². The van der Waals surface area contributed by atoms with Crippen LogP contribution in [0.4, 0.5) is 5.13 Å². The molecule has 1 aromatic heterocycles. The fourth-order valence-electron chi connectivity index (χ4n) is 1.38. The Morgan fingerprint density at radius 1 is 1.47 bits per heavy atom. The van der Waals surface area contributed by atoms with E-state index in [1.807, 2.05) is 13.8 Å². The molecule has 0 atom stereocenters. The first kappa shape index (κ1) is 15.6. The van der Waals surface area contributed by atoms with Gasteiger partial charge < -0.3 is 14.7 Å². The molecule has 0 aliphatic rings. The zero-order chi connectivity index (χ0) is 14.6. The van der Waals surface area contributed by atoms with Crippen molar-refractivity contribution in [1.29, 1.82) is 0 Å². The van der Waals surface area contributed by atoms with Crippen LogP contribution in [0.5, 0.6) is 0 Å². The number of aromatic nitrogens is 1. The Morgan fingerprint density at radius 3 is 2.53 bits per heavy atom. The maximum atomic E-state index is 11.4. The monoisotopic (exact) mass is 286 g/mol. The number of carboxylic acid groups (broad SMARTS) is 1. The molecule has 0 saturated carbocycles. The SMILES string of the molecule is CC(=O)c1sc(N(C)CCOC(C)C)nc1C(=O)O. The minimum absolute atomic E-state index is 0.145. The van der Waals surface area contributed by atoms with Crippen molar-refractivity contribution in [1.82, 2.24) is 4.98 Å². The highest BCUT2D eigenvalue weighted by molar-refractivity contribution is 7.17. The lowest BCUT2D eigenvalue weighted by Crippen LogP contribution is -2.23. The number of ketones is 1. The predicted octanol–water partition coefficient (Wildman–Crippen LogP) is 1.91. The van der Waals surface area contributed by atoms with Gasteiger partial charge in [-0.3, -0.25) is 4.79 Å². The van der Waals surface area contributed by atoms with Crippen LogP contribution in [0.3, 0.4) is 0 Å². The number of hydrogen-bond acceptors (Lipinski definition) is 6. The number of thiazole rings is 1. The van der Waals surface area contributed by atoms with Crippen molar-refractivity contribution in [3.8, 4) is 0 Å². The Balaban J connectivity index is 2.80. The third-order valence-corrected chi connectivity index (χ3v) is 3.61. The fraction of sp³-hybridized carbons (Fsp3) is 0.583. The second-order valence-corrected chi connectivity index (χ2v) is 5.35. The van der Waals surface area contributed by atoms with E-state index in [1.165, 1.54) is 6.92 Å². The lowest BCUT2D eigenvalue weighted by molar-refractivity contribution is 0.0687. The van der Waals surface area contributed by atoms with Gasteiger partial charge in [0.2, 0.25) is 0 Å². The first-order valence-corrected chi connectivity index (χ1v) is 6.72. The van der Waals surface area contributed by atoms with E-state index in [0.29, 0.717) is 18.3 Å². The van der Waals surface area contributed by atoms with Crippen LogP contribution in [-0.4, -0.2) is 48.1 Å². The number of nitrogens with zero attached hydrogens (tertiary/aromatic N) is 2. The van der Waals surface area contributed by atoms with E-state index in [2.05, 4.69) is 4.98 Å². The average Bonchev–Trinajstić information content (AvgIpc) is 2.73. The summed E-state index contributed by atoms with van der Waals surface area (Å²) >= 11 is 1.09. The smallest absolute Gasteiger partial charge is 0.356 e. The van der Waals surface area contributed by atoms with Gasteiger partial charge in [0.1, 0.15) is 4.88 Å². The number of anilines is 1. The molecule has 0 aromatic carbocycles. The van der Waals surface area contributed by atoms with Crippen LogP contribution in [0.2, 0.25) is 0 Å². The Hall–Kier alpha value is -1.47. The molecule has 6 nitrogen and oxygen atoms in total. The number of carbonyl (C=O) groups is 2. The van der Waals surface area contributed by atoms with Crippen LogP contribution in [0.25, 0.3) is 0 Å². The van der Waals surface area contributed by atoms with Gasteiger partial charge in [-0.05, 0) is 13.8 Å². The predicted molar refractivity (Wildman–Crippen MR) is 73.4 cm³/mol.